The molecule has 6 heteroatoms. The van der Waals surface area contributed by atoms with E-state index in [2.05, 4.69) is 10.3 Å². The fourth-order valence-corrected chi connectivity index (χ4v) is 3.86. The van der Waals surface area contributed by atoms with Gasteiger partial charge in [0.2, 0.25) is 5.91 Å². The molecule has 0 fully saturated rings. The minimum Gasteiger partial charge on any atom is -0.322 e. The van der Waals surface area contributed by atoms with Crippen LogP contribution < -0.4 is 5.32 Å². The number of para-hydroxylation sites is 1. The van der Waals surface area contributed by atoms with Crippen molar-refractivity contribution in [2.45, 2.75) is 0 Å². The highest BCUT2D eigenvalue weighted by atomic mass is 35.5. The zero-order chi connectivity index (χ0) is 20.9. The molecule has 1 N–H and O–H groups in total. The number of carbonyl (C=O) groups excluding carboxylic acids is 1. The number of thiazole rings is 1. The Labute approximate surface area is 182 Å². The monoisotopic (exact) mass is 434 g/mol. The van der Waals surface area contributed by atoms with Crippen LogP contribution in [-0.2, 0) is 4.79 Å². The largest absolute Gasteiger partial charge is 0.322 e. The molecule has 1 amide bonds. The molecule has 1 aromatic heterocycles. The Balaban J connectivity index is 1.55. The summed E-state index contributed by atoms with van der Waals surface area (Å²) in [6.07, 6.45) is 3.18. The number of halogens is 2. The van der Waals surface area contributed by atoms with Gasteiger partial charge in [-0.3, -0.25) is 4.79 Å². The van der Waals surface area contributed by atoms with Crippen LogP contribution in [0.4, 0.5) is 10.1 Å². The lowest BCUT2D eigenvalue weighted by atomic mass is 10.1. The third-order valence-electron chi connectivity index (χ3n) is 4.37. The van der Waals surface area contributed by atoms with Gasteiger partial charge in [-0.05, 0) is 42.0 Å². The molecule has 0 saturated carbocycles. The molecular formula is C24H16ClFN2OS. The zero-order valence-electron chi connectivity index (χ0n) is 15.7. The van der Waals surface area contributed by atoms with Crippen molar-refractivity contribution >= 4 is 40.6 Å². The second-order valence-electron chi connectivity index (χ2n) is 6.44. The Morgan fingerprint density at radius 2 is 1.67 bits per heavy atom. The summed E-state index contributed by atoms with van der Waals surface area (Å²) in [4.78, 5) is 17.0. The van der Waals surface area contributed by atoms with Crippen LogP contribution in [0.1, 0.15) is 5.56 Å². The molecule has 0 aliphatic heterocycles. The smallest absolute Gasteiger partial charge is 0.248 e. The van der Waals surface area contributed by atoms with Gasteiger partial charge in [0.05, 0.1) is 11.4 Å². The highest BCUT2D eigenvalue weighted by Gasteiger charge is 2.13. The Morgan fingerprint density at radius 1 is 0.967 bits per heavy atom. The number of hydrogen-bond acceptors (Lipinski definition) is 3. The van der Waals surface area contributed by atoms with Gasteiger partial charge in [-0.25, -0.2) is 9.37 Å². The van der Waals surface area contributed by atoms with Crippen molar-refractivity contribution in [2.75, 3.05) is 5.32 Å². The van der Waals surface area contributed by atoms with E-state index in [1.54, 1.807) is 36.4 Å². The molecule has 0 saturated heterocycles. The van der Waals surface area contributed by atoms with Gasteiger partial charge < -0.3 is 5.32 Å². The maximum absolute atomic E-state index is 14.1. The van der Waals surface area contributed by atoms with Gasteiger partial charge in [-0.15, -0.1) is 11.3 Å². The van der Waals surface area contributed by atoms with E-state index < -0.39 is 0 Å². The van der Waals surface area contributed by atoms with Crippen LogP contribution in [0.5, 0.6) is 0 Å². The van der Waals surface area contributed by atoms with Crippen LogP contribution in [-0.4, -0.2) is 10.9 Å². The van der Waals surface area contributed by atoms with Gasteiger partial charge in [-0.1, -0.05) is 54.1 Å². The maximum Gasteiger partial charge on any atom is 0.248 e. The van der Waals surface area contributed by atoms with Gasteiger partial charge in [-0.2, -0.15) is 0 Å². The summed E-state index contributed by atoms with van der Waals surface area (Å²) in [6.45, 7) is 0. The van der Waals surface area contributed by atoms with Crippen molar-refractivity contribution in [3.63, 3.8) is 0 Å². The molecule has 4 aromatic rings. The topological polar surface area (TPSA) is 42.0 Å². The first-order valence-electron chi connectivity index (χ1n) is 9.14. The molecule has 0 bridgehead atoms. The molecule has 0 atom stereocenters. The zero-order valence-corrected chi connectivity index (χ0v) is 17.3. The van der Waals surface area contributed by atoms with Crippen molar-refractivity contribution in [2.24, 2.45) is 0 Å². The minimum atomic E-state index is -0.313. The summed E-state index contributed by atoms with van der Waals surface area (Å²) >= 11 is 7.24. The summed E-state index contributed by atoms with van der Waals surface area (Å²) in [5, 5.41) is 5.98. The number of anilines is 1. The number of hydrogen-bond donors (Lipinski definition) is 1. The third kappa shape index (κ3) is 4.64. The molecule has 3 nitrogen and oxygen atoms in total. The van der Waals surface area contributed by atoms with Crippen LogP contribution >= 0.6 is 22.9 Å². The summed E-state index contributed by atoms with van der Waals surface area (Å²) in [7, 11) is 0. The lowest BCUT2D eigenvalue weighted by Gasteiger charge is -2.08. The summed E-state index contributed by atoms with van der Waals surface area (Å²) < 4.78 is 14.1. The van der Waals surface area contributed by atoms with Gasteiger partial charge in [0.25, 0.3) is 0 Å². The summed E-state index contributed by atoms with van der Waals surface area (Å²) in [5.41, 5.74) is 3.41. The molecule has 0 spiro atoms. The van der Waals surface area contributed by atoms with E-state index >= 15 is 0 Å². The van der Waals surface area contributed by atoms with E-state index in [0.717, 1.165) is 11.1 Å². The molecule has 0 radical (unpaired) electrons. The van der Waals surface area contributed by atoms with Crippen molar-refractivity contribution < 1.29 is 9.18 Å². The van der Waals surface area contributed by atoms with Crippen LogP contribution in [0.15, 0.2) is 84.3 Å². The van der Waals surface area contributed by atoms with Crippen molar-refractivity contribution in [3.8, 4) is 21.8 Å². The first-order valence-corrected chi connectivity index (χ1v) is 10.4. The number of aromatic nitrogens is 1. The Hall–Kier alpha value is -3.28. The SMILES string of the molecule is O=C(/C=C/c1ccc(Cl)cc1)Nc1ccccc1-c1csc(-c2ccccc2F)n1. The quantitative estimate of drug-likeness (QED) is 0.346. The predicted octanol–water partition coefficient (Wildman–Crippen LogP) is 6.92. The molecule has 0 aliphatic carbocycles. The maximum atomic E-state index is 14.1. The second-order valence-corrected chi connectivity index (χ2v) is 7.73. The summed E-state index contributed by atoms with van der Waals surface area (Å²) in [6, 6.07) is 21.1. The third-order valence-corrected chi connectivity index (χ3v) is 5.49. The number of nitrogens with zero attached hydrogens (tertiary/aromatic N) is 1. The second kappa shape index (κ2) is 9.03. The molecule has 30 heavy (non-hydrogen) atoms. The Kier molecular flexibility index (Phi) is 6.02. The Bertz CT molecular complexity index is 1220. The van der Waals surface area contributed by atoms with E-state index in [0.29, 0.717) is 27.0 Å². The number of nitrogens with one attached hydrogen (secondary N) is 1. The van der Waals surface area contributed by atoms with E-state index in [-0.39, 0.29) is 11.7 Å². The first-order chi connectivity index (χ1) is 14.6. The van der Waals surface area contributed by atoms with E-state index in [1.807, 2.05) is 41.8 Å². The van der Waals surface area contributed by atoms with Gasteiger partial charge in [0.1, 0.15) is 10.8 Å². The highest BCUT2D eigenvalue weighted by molar-refractivity contribution is 7.13. The fourth-order valence-electron chi connectivity index (χ4n) is 2.89. The van der Waals surface area contributed by atoms with Gasteiger partial charge in [0, 0.05) is 27.6 Å². The molecule has 148 valence electrons. The van der Waals surface area contributed by atoms with E-state index in [9.17, 15) is 9.18 Å². The lowest BCUT2D eigenvalue weighted by Crippen LogP contribution is -2.08. The van der Waals surface area contributed by atoms with Crippen LogP contribution in [0.2, 0.25) is 5.02 Å². The molecule has 1 heterocycles. The summed E-state index contributed by atoms with van der Waals surface area (Å²) in [5.74, 6) is -0.575. The van der Waals surface area contributed by atoms with Crippen molar-refractivity contribution in [3.05, 3.63) is 101 Å². The van der Waals surface area contributed by atoms with Crippen LogP contribution in [0.25, 0.3) is 27.9 Å². The van der Waals surface area contributed by atoms with Crippen LogP contribution in [0.3, 0.4) is 0 Å². The van der Waals surface area contributed by atoms with Gasteiger partial charge >= 0.3 is 0 Å². The minimum absolute atomic E-state index is 0.262. The number of benzene rings is 3. The molecule has 3 aromatic carbocycles. The van der Waals surface area contributed by atoms with Crippen molar-refractivity contribution in [1.82, 2.24) is 4.98 Å². The molecule has 0 aliphatic rings. The first kappa shape index (κ1) is 20.0. The molecular weight excluding hydrogens is 419 g/mol. The number of rotatable bonds is 5. The van der Waals surface area contributed by atoms with E-state index in [1.165, 1.54) is 23.5 Å². The predicted molar refractivity (Wildman–Crippen MR) is 122 cm³/mol. The molecule has 4 rings (SSSR count). The standard InChI is InChI=1S/C24H16ClFN2OS/c25-17-12-9-16(10-13-17)11-14-23(29)27-21-8-4-2-6-19(21)22-15-30-24(28-22)18-5-1-3-7-20(18)26/h1-15H,(H,27,29)/b14-11+. The van der Waals surface area contributed by atoms with Gasteiger partial charge in [0.15, 0.2) is 0 Å². The van der Waals surface area contributed by atoms with Crippen LogP contribution in [0, 0.1) is 5.82 Å². The Morgan fingerprint density at radius 3 is 2.43 bits per heavy atom. The van der Waals surface area contributed by atoms with E-state index in [4.69, 9.17) is 11.6 Å². The number of amides is 1. The average molecular weight is 435 g/mol. The number of carbonyl (C=O) groups is 1. The average Bonchev–Trinajstić information content (AvgIpc) is 3.24. The highest BCUT2D eigenvalue weighted by Crippen LogP contribution is 2.33. The lowest BCUT2D eigenvalue weighted by molar-refractivity contribution is -0.111. The molecule has 0 unspecified atom stereocenters. The van der Waals surface area contributed by atoms with Crippen molar-refractivity contribution in [1.29, 1.82) is 0 Å². The normalized spacial score (nSPS) is 11.0. The fraction of sp³-hybridized carbons (Fsp3) is 0.